The topological polar surface area (TPSA) is 79.8 Å². The van der Waals surface area contributed by atoms with E-state index < -0.39 is 0 Å². The van der Waals surface area contributed by atoms with Gasteiger partial charge in [0.1, 0.15) is 5.52 Å². The van der Waals surface area contributed by atoms with Crippen LogP contribution in [-0.2, 0) is 4.79 Å². The van der Waals surface area contributed by atoms with E-state index in [1.165, 1.54) is 11.8 Å². The lowest BCUT2D eigenvalue weighted by atomic mass is 10.3. The molecule has 0 aliphatic rings. The Labute approximate surface area is 140 Å². The Kier molecular flexibility index (Phi) is 5.87. The SMILES string of the molecule is CCCCNC(=O)CSc1nc2cc(C)[nH]c2c(=O)n1C(C)C. The molecule has 2 heterocycles. The first-order valence-electron chi connectivity index (χ1n) is 7.95. The molecule has 0 atom stereocenters. The van der Waals surface area contributed by atoms with Crippen molar-refractivity contribution in [3.05, 3.63) is 22.1 Å². The summed E-state index contributed by atoms with van der Waals surface area (Å²) in [6.45, 7) is 8.55. The second-order valence-electron chi connectivity index (χ2n) is 5.87. The summed E-state index contributed by atoms with van der Waals surface area (Å²) in [5, 5.41) is 3.46. The van der Waals surface area contributed by atoms with Crippen LogP contribution in [0.3, 0.4) is 0 Å². The molecule has 0 spiro atoms. The van der Waals surface area contributed by atoms with E-state index in [1.54, 1.807) is 4.57 Å². The lowest BCUT2D eigenvalue weighted by Crippen LogP contribution is -2.28. The maximum Gasteiger partial charge on any atom is 0.278 e. The highest BCUT2D eigenvalue weighted by Gasteiger charge is 2.16. The third-order valence-corrected chi connectivity index (χ3v) is 4.44. The molecule has 0 saturated carbocycles. The zero-order valence-electron chi connectivity index (χ0n) is 14.1. The number of H-pyrrole nitrogens is 1. The summed E-state index contributed by atoms with van der Waals surface area (Å²) >= 11 is 1.31. The maximum atomic E-state index is 12.6. The second-order valence-corrected chi connectivity index (χ2v) is 6.81. The minimum atomic E-state index is -0.0907. The first-order chi connectivity index (χ1) is 10.9. The molecular formula is C16H24N4O2S. The smallest absolute Gasteiger partial charge is 0.278 e. The van der Waals surface area contributed by atoms with Crippen LogP contribution in [0, 0.1) is 6.92 Å². The summed E-state index contributed by atoms with van der Waals surface area (Å²) in [7, 11) is 0. The fraction of sp³-hybridized carbons (Fsp3) is 0.562. The van der Waals surface area contributed by atoms with Crippen molar-refractivity contribution < 1.29 is 4.79 Å². The van der Waals surface area contributed by atoms with Crippen LogP contribution in [-0.4, -0.2) is 32.7 Å². The Morgan fingerprint density at radius 2 is 2.22 bits per heavy atom. The number of carbonyl (C=O) groups excluding carboxylic acids is 1. The number of amides is 1. The van der Waals surface area contributed by atoms with E-state index in [4.69, 9.17) is 0 Å². The number of nitrogens with one attached hydrogen (secondary N) is 2. The Morgan fingerprint density at radius 3 is 2.87 bits per heavy atom. The Bertz CT molecular complexity index is 748. The third-order valence-electron chi connectivity index (χ3n) is 3.49. The van der Waals surface area contributed by atoms with Gasteiger partial charge in [0, 0.05) is 18.3 Å². The summed E-state index contributed by atoms with van der Waals surface area (Å²) in [5.41, 5.74) is 1.98. The maximum absolute atomic E-state index is 12.6. The van der Waals surface area contributed by atoms with Crippen molar-refractivity contribution in [2.24, 2.45) is 0 Å². The summed E-state index contributed by atoms with van der Waals surface area (Å²) in [6.07, 6.45) is 2.02. The predicted molar refractivity (Wildman–Crippen MR) is 94.1 cm³/mol. The quantitative estimate of drug-likeness (QED) is 0.463. The van der Waals surface area contributed by atoms with Crippen molar-refractivity contribution in [2.75, 3.05) is 12.3 Å². The fourth-order valence-corrected chi connectivity index (χ4v) is 3.29. The molecule has 0 unspecified atom stereocenters. The number of aryl methyl sites for hydroxylation is 1. The summed E-state index contributed by atoms with van der Waals surface area (Å²) < 4.78 is 1.64. The molecule has 0 saturated heterocycles. The average molecular weight is 336 g/mol. The summed E-state index contributed by atoms with van der Waals surface area (Å²) in [5.74, 6) is 0.232. The van der Waals surface area contributed by atoms with Crippen molar-refractivity contribution >= 4 is 28.7 Å². The zero-order chi connectivity index (χ0) is 17.0. The Hall–Kier alpha value is -1.76. The van der Waals surface area contributed by atoms with E-state index in [0.29, 0.717) is 22.7 Å². The van der Waals surface area contributed by atoms with Crippen molar-refractivity contribution in [1.29, 1.82) is 0 Å². The molecule has 7 heteroatoms. The van der Waals surface area contributed by atoms with Crippen molar-refractivity contribution in [1.82, 2.24) is 19.9 Å². The van der Waals surface area contributed by atoms with Crippen LogP contribution in [0.25, 0.3) is 11.0 Å². The summed E-state index contributed by atoms with van der Waals surface area (Å²) in [4.78, 5) is 32.1. The summed E-state index contributed by atoms with van der Waals surface area (Å²) in [6, 6.07) is 1.83. The van der Waals surface area contributed by atoms with Gasteiger partial charge < -0.3 is 10.3 Å². The van der Waals surface area contributed by atoms with E-state index in [9.17, 15) is 9.59 Å². The highest BCUT2D eigenvalue weighted by atomic mass is 32.2. The monoisotopic (exact) mass is 336 g/mol. The van der Waals surface area contributed by atoms with Crippen LogP contribution >= 0.6 is 11.8 Å². The Balaban J connectivity index is 2.23. The lowest BCUT2D eigenvalue weighted by molar-refractivity contribution is -0.118. The van der Waals surface area contributed by atoms with Crippen molar-refractivity contribution in [3.63, 3.8) is 0 Å². The predicted octanol–water partition coefficient (Wildman–Crippen LogP) is 2.62. The van der Waals surface area contributed by atoms with E-state index in [2.05, 4.69) is 22.2 Å². The highest BCUT2D eigenvalue weighted by molar-refractivity contribution is 7.99. The minimum absolute atomic E-state index is 0.0198. The van der Waals surface area contributed by atoms with Crippen molar-refractivity contribution in [2.45, 2.75) is 51.7 Å². The number of aromatic amines is 1. The molecule has 0 aliphatic heterocycles. The largest absolute Gasteiger partial charge is 0.355 e. The molecule has 0 fully saturated rings. The lowest BCUT2D eigenvalue weighted by Gasteiger charge is -2.15. The standard InChI is InChI=1S/C16H24N4O2S/c1-5-6-7-17-13(21)9-23-16-19-12-8-11(4)18-14(12)15(22)20(16)10(2)3/h8,10,18H,5-7,9H2,1-4H3,(H,17,21). The molecular weight excluding hydrogens is 312 g/mol. The van der Waals surface area contributed by atoms with Crippen LogP contribution in [0.4, 0.5) is 0 Å². The first kappa shape index (κ1) is 17.6. The number of nitrogens with zero attached hydrogens (tertiary/aromatic N) is 2. The second kappa shape index (κ2) is 7.68. The van der Waals surface area contributed by atoms with Crippen LogP contribution in [0.15, 0.2) is 16.0 Å². The van der Waals surface area contributed by atoms with E-state index in [-0.39, 0.29) is 23.3 Å². The van der Waals surface area contributed by atoms with E-state index in [0.717, 1.165) is 18.5 Å². The number of rotatable bonds is 7. The van der Waals surface area contributed by atoms with Gasteiger partial charge >= 0.3 is 0 Å². The zero-order valence-corrected chi connectivity index (χ0v) is 14.9. The molecule has 2 N–H and O–H groups in total. The van der Waals surface area contributed by atoms with Gasteiger partial charge in [-0.25, -0.2) is 4.98 Å². The van der Waals surface area contributed by atoms with Gasteiger partial charge in [-0.1, -0.05) is 25.1 Å². The number of hydrogen-bond acceptors (Lipinski definition) is 4. The number of fused-ring (bicyclic) bond motifs is 1. The number of hydrogen-bond donors (Lipinski definition) is 2. The Morgan fingerprint density at radius 1 is 1.48 bits per heavy atom. The van der Waals surface area contributed by atoms with Gasteiger partial charge in [0.15, 0.2) is 5.16 Å². The van der Waals surface area contributed by atoms with Gasteiger partial charge in [-0.3, -0.25) is 14.2 Å². The van der Waals surface area contributed by atoms with Crippen molar-refractivity contribution in [3.8, 4) is 0 Å². The average Bonchev–Trinajstić information content (AvgIpc) is 2.86. The fourth-order valence-electron chi connectivity index (χ4n) is 2.33. The number of unbranched alkanes of at least 4 members (excludes halogenated alkanes) is 1. The van der Waals surface area contributed by atoms with E-state index in [1.807, 2.05) is 26.8 Å². The molecule has 6 nitrogen and oxygen atoms in total. The first-order valence-corrected chi connectivity index (χ1v) is 8.94. The van der Waals surface area contributed by atoms with Gasteiger partial charge in [0.25, 0.3) is 5.56 Å². The number of aromatic nitrogens is 3. The molecule has 23 heavy (non-hydrogen) atoms. The van der Waals surface area contributed by atoms with Crippen LogP contribution < -0.4 is 10.9 Å². The van der Waals surface area contributed by atoms with Gasteiger partial charge in [0.05, 0.1) is 11.3 Å². The molecule has 2 aromatic rings. The normalized spacial score (nSPS) is 11.3. The van der Waals surface area contributed by atoms with Gasteiger partial charge in [-0.05, 0) is 33.3 Å². The van der Waals surface area contributed by atoms with Crippen LogP contribution in [0.1, 0.15) is 45.3 Å². The molecule has 0 radical (unpaired) electrons. The molecule has 0 aliphatic carbocycles. The molecule has 0 aromatic carbocycles. The number of thioether (sulfide) groups is 1. The van der Waals surface area contributed by atoms with Crippen LogP contribution in [0.5, 0.6) is 0 Å². The highest BCUT2D eigenvalue weighted by Crippen LogP contribution is 2.21. The molecule has 2 rings (SSSR count). The van der Waals surface area contributed by atoms with Gasteiger partial charge in [-0.2, -0.15) is 0 Å². The van der Waals surface area contributed by atoms with Gasteiger partial charge in [0.2, 0.25) is 5.91 Å². The molecule has 1 amide bonds. The minimum Gasteiger partial charge on any atom is -0.355 e. The molecule has 126 valence electrons. The molecule has 0 bridgehead atoms. The molecule has 2 aromatic heterocycles. The van der Waals surface area contributed by atoms with Crippen LogP contribution in [0.2, 0.25) is 0 Å². The number of carbonyl (C=O) groups is 1. The third kappa shape index (κ3) is 4.16. The van der Waals surface area contributed by atoms with Gasteiger partial charge in [-0.15, -0.1) is 0 Å². The van der Waals surface area contributed by atoms with E-state index >= 15 is 0 Å².